The normalized spacial score (nSPS) is 10.2. The van der Waals surface area contributed by atoms with Crippen LogP contribution in [0, 0.1) is 0 Å². The molecule has 2 aromatic carbocycles. The summed E-state index contributed by atoms with van der Waals surface area (Å²) in [6.45, 7) is 1.46. The van der Waals surface area contributed by atoms with E-state index >= 15 is 0 Å². The average molecular weight is 298 g/mol. The Balaban J connectivity index is 2.05. The van der Waals surface area contributed by atoms with E-state index in [9.17, 15) is 4.79 Å². The second-order valence-corrected chi connectivity index (χ2v) is 5.14. The highest BCUT2D eigenvalue weighted by molar-refractivity contribution is 5.74. The van der Waals surface area contributed by atoms with E-state index in [-0.39, 0.29) is 5.91 Å². The molecule has 0 spiro atoms. The van der Waals surface area contributed by atoms with Crippen LogP contribution < -0.4 is 15.4 Å². The van der Waals surface area contributed by atoms with Gasteiger partial charge < -0.3 is 15.4 Å². The Morgan fingerprint density at radius 3 is 2.32 bits per heavy atom. The van der Waals surface area contributed by atoms with Crippen LogP contribution in [0.4, 0.5) is 5.69 Å². The second kappa shape index (κ2) is 8.08. The molecule has 116 valence electrons. The van der Waals surface area contributed by atoms with E-state index < -0.39 is 0 Å². The van der Waals surface area contributed by atoms with E-state index in [4.69, 9.17) is 10.5 Å². The number of methoxy groups -OCH3 is 1. The number of primary amides is 1. The fourth-order valence-corrected chi connectivity index (χ4v) is 2.32. The van der Waals surface area contributed by atoms with Gasteiger partial charge in [0.05, 0.1) is 7.11 Å². The van der Waals surface area contributed by atoms with Gasteiger partial charge in [-0.05, 0) is 36.2 Å². The molecule has 22 heavy (non-hydrogen) atoms. The molecule has 0 fully saturated rings. The fraction of sp³-hybridized carbons (Fsp3) is 0.278. The molecule has 4 nitrogen and oxygen atoms in total. The van der Waals surface area contributed by atoms with Crippen molar-refractivity contribution in [3.05, 3.63) is 60.2 Å². The Labute approximate surface area is 131 Å². The number of hydrogen-bond acceptors (Lipinski definition) is 3. The van der Waals surface area contributed by atoms with Crippen molar-refractivity contribution < 1.29 is 9.53 Å². The topological polar surface area (TPSA) is 55.6 Å². The molecule has 4 heteroatoms. The SMILES string of the molecule is COc1ccc(N(CCC(N)=O)CCc2ccccc2)cc1. The molecule has 1 amide bonds. The third kappa shape index (κ3) is 4.81. The standard InChI is InChI=1S/C18H22N2O2/c1-22-17-9-7-16(8-10-17)20(14-12-18(19)21)13-11-15-5-3-2-4-6-15/h2-10H,11-14H2,1H3,(H2,19,21). The molecule has 0 atom stereocenters. The van der Waals surface area contributed by atoms with Crippen LogP contribution in [0.15, 0.2) is 54.6 Å². The summed E-state index contributed by atoms with van der Waals surface area (Å²) in [7, 11) is 1.65. The molecule has 0 bridgehead atoms. The van der Waals surface area contributed by atoms with Crippen molar-refractivity contribution in [2.45, 2.75) is 12.8 Å². The maximum atomic E-state index is 11.1. The van der Waals surface area contributed by atoms with Gasteiger partial charge in [-0.15, -0.1) is 0 Å². The molecule has 0 aliphatic rings. The largest absolute Gasteiger partial charge is 0.497 e. The lowest BCUT2D eigenvalue weighted by atomic mass is 10.1. The van der Waals surface area contributed by atoms with Gasteiger partial charge in [0, 0.05) is 25.2 Å². The number of rotatable bonds is 8. The van der Waals surface area contributed by atoms with Crippen molar-refractivity contribution in [3.63, 3.8) is 0 Å². The molecular weight excluding hydrogens is 276 g/mol. The van der Waals surface area contributed by atoms with E-state index in [0.717, 1.165) is 24.4 Å². The third-order valence-corrected chi connectivity index (χ3v) is 3.58. The fourth-order valence-electron chi connectivity index (χ4n) is 2.32. The molecule has 0 radical (unpaired) electrons. The van der Waals surface area contributed by atoms with Crippen LogP contribution in [0.1, 0.15) is 12.0 Å². The van der Waals surface area contributed by atoms with Crippen LogP contribution in [0.5, 0.6) is 5.75 Å². The summed E-state index contributed by atoms with van der Waals surface area (Å²) in [5.41, 5.74) is 7.63. The lowest BCUT2D eigenvalue weighted by Gasteiger charge is -2.24. The predicted molar refractivity (Wildman–Crippen MR) is 89.2 cm³/mol. The van der Waals surface area contributed by atoms with Crippen LogP contribution in [0.25, 0.3) is 0 Å². The number of ether oxygens (including phenoxy) is 1. The minimum absolute atomic E-state index is 0.279. The number of nitrogens with two attached hydrogens (primary N) is 1. The zero-order valence-corrected chi connectivity index (χ0v) is 12.9. The van der Waals surface area contributed by atoms with Gasteiger partial charge >= 0.3 is 0 Å². The molecule has 0 saturated carbocycles. The lowest BCUT2D eigenvalue weighted by molar-refractivity contribution is -0.117. The number of carbonyl (C=O) groups is 1. The average Bonchev–Trinajstić information content (AvgIpc) is 2.56. The van der Waals surface area contributed by atoms with Crippen LogP contribution in [-0.2, 0) is 11.2 Å². The highest BCUT2D eigenvalue weighted by Gasteiger charge is 2.08. The molecule has 2 N–H and O–H groups in total. The smallest absolute Gasteiger partial charge is 0.219 e. The number of benzene rings is 2. The first kappa shape index (κ1) is 15.9. The maximum Gasteiger partial charge on any atom is 0.219 e. The first-order valence-corrected chi connectivity index (χ1v) is 7.40. The van der Waals surface area contributed by atoms with Crippen molar-refractivity contribution in [3.8, 4) is 5.75 Å². The van der Waals surface area contributed by atoms with E-state index in [0.29, 0.717) is 13.0 Å². The Hall–Kier alpha value is -2.49. The summed E-state index contributed by atoms with van der Waals surface area (Å²) in [6.07, 6.45) is 1.27. The first-order valence-electron chi connectivity index (χ1n) is 7.40. The van der Waals surface area contributed by atoms with Gasteiger partial charge in [-0.25, -0.2) is 0 Å². The number of nitrogens with zero attached hydrogens (tertiary/aromatic N) is 1. The van der Waals surface area contributed by atoms with Crippen molar-refractivity contribution in [2.24, 2.45) is 5.73 Å². The third-order valence-electron chi connectivity index (χ3n) is 3.58. The molecular formula is C18H22N2O2. The molecule has 0 aromatic heterocycles. The summed E-state index contributed by atoms with van der Waals surface area (Å²) < 4.78 is 5.18. The molecule has 0 aliphatic carbocycles. The zero-order valence-electron chi connectivity index (χ0n) is 12.9. The van der Waals surface area contributed by atoms with Gasteiger partial charge in [0.15, 0.2) is 0 Å². The monoisotopic (exact) mass is 298 g/mol. The Bertz CT molecular complexity index is 582. The highest BCUT2D eigenvalue weighted by Crippen LogP contribution is 2.20. The molecule has 0 heterocycles. The van der Waals surface area contributed by atoms with Gasteiger partial charge in [-0.2, -0.15) is 0 Å². The maximum absolute atomic E-state index is 11.1. The zero-order chi connectivity index (χ0) is 15.8. The molecule has 2 rings (SSSR count). The van der Waals surface area contributed by atoms with E-state index in [1.807, 2.05) is 42.5 Å². The summed E-state index contributed by atoms with van der Waals surface area (Å²) in [4.78, 5) is 13.3. The van der Waals surface area contributed by atoms with Gasteiger partial charge in [0.1, 0.15) is 5.75 Å². The van der Waals surface area contributed by atoms with E-state index in [1.54, 1.807) is 7.11 Å². The summed E-state index contributed by atoms with van der Waals surface area (Å²) in [5, 5.41) is 0. The van der Waals surface area contributed by atoms with Gasteiger partial charge in [0.2, 0.25) is 5.91 Å². The highest BCUT2D eigenvalue weighted by atomic mass is 16.5. The Kier molecular flexibility index (Phi) is 5.83. The van der Waals surface area contributed by atoms with Crippen LogP contribution in [0.2, 0.25) is 0 Å². The van der Waals surface area contributed by atoms with E-state index in [1.165, 1.54) is 5.56 Å². The number of hydrogen-bond donors (Lipinski definition) is 1. The van der Waals surface area contributed by atoms with Gasteiger partial charge in [-0.1, -0.05) is 30.3 Å². The molecule has 0 unspecified atom stereocenters. The minimum Gasteiger partial charge on any atom is -0.497 e. The molecule has 2 aromatic rings. The number of anilines is 1. The van der Waals surface area contributed by atoms with Crippen LogP contribution in [0.3, 0.4) is 0 Å². The van der Waals surface area contributed by atoms with Crippen molar-refractivity contribution in [1.29, 1.82) is 0 Å². The number of carbonyl (C=O) groups excluding carboxylic acids is 1. The summed E-state index contributed by atoms with van der Waals surface area (Å²) in [5.74, 6) is 0.542. The summed E-state index contributed by atoms with van der Waals surface area (Å²) >= 11 is 0. The van der Waals surface area contributed by atoms with E-state index in [2.05, 4.69) is 17.0 Å². The van der Waals surface area contributed by atoms with Gasteiger partial charge in [0.25, 0.3) is 0 Å². The molecule has 0 aliphatic heterocycles. The predicted octanol–water partition coefficient (Wildman–Crippen LogP) is 2.62. The minimum atomic E-state index is -0.279. The molecule has 0 saturated heterocycles. The number of amides is 1. The van der Waals surface area contributed by atoms with Crippen LogP contribution in [-0.4, -0.2) is 26.1 Å². The van der Waals surface area contributed by atoms with Crippen molar-refractivity contribution >= 4 is 11.6 Å². The first-order chi connectivity index (χ1) is 10.7. The quantitative estimate of drug-likeness (QED) is 0.815. The van der Waals surface area contributed by atoms with Crippen molar-refractivity contribution in [1.82, 2.24) is 0 Å². The van der Waals surface area contributed by atoms with Gasteiger partial charge in [-0.3, -0.25) is 4.79 Å². The lowest BCUT2D eigenvalue weighted by Crippen LogP contribution is -2.30. The Morgan fingerprint density at radius 1 is 1.05 bits per heavy atom. The van der Waals surface area contributed by atoms with Crippen LogP contribution >= 0.6 is 0 Å². The Morgan fingerprint density at radius 2 is 1.73 bits per heavy atom. The second-order valence-electron chi connectivity index (χ2n) is 5.14. The summed E-state index contributed by atoms with van der Waals surface area (Å²) in [6, 6.07) is 18.2. The van der Waals surface area contributed by atoms with Crippen molar-refractivity contribution in [2.75, 3.05) is 25.1 Å².